The van der Waals surface area contributed by atoms with E-state index >= 15 is 0 Å². The van der Waals surface area contributed by atoms with Crippen LogP contribution in [-0.2, 0) is 0 Å². The van der Waals surface area contributed by atoms with Gasteiger partial charge < -0.3 is 16.8 Å². The average Bonchev–Trinajstić information content (AvgIpc) is 1.85. The molecule has 0 atom stereocenters. The fraction of sp³-hybridized carbons (Fsp3) is 0.400. The molecule has 1 aromatic rings. The highest BCUT2D eigenvalue weighted by molar-refractivity contribution is 8.93. The number of anilines is 3. The quantitative estimate of drug-likeness (QED) is 0.669. The second-order valence-electron chi connectivity index (χ2n) is 1.91. The molecule has 12 heavy (non-hydrogen) atoms. The maximum absolute atomic E-state index is 5.31. The summed E-state index contributed by atoms with van der Waals surface area (Å²) in [5.41, 5.74) is 10.6. The highest BCUT2D eigenvalue weighted by Crippen LogP contribution is 2.01. The molecule has 0 saturated heterocycles. The van der Waals surface area contributed by atoms with Crippen molar-refractivity contribution in [3.8, 4) is 0 Å². The third-order valence-electron chi connectivity index (χ3n) is 1.00. The number of rotatable bonds is 2. The third-order valence-corrected chi connectivity index (χ3v) is 1.00. The van der Waals surface area contributed by atoms with Crippen molar-refractivity contribution in [3.63, 3.8) is 0 Å². The number of nitrogens with zero attached hydrogens (tertiary/aromatic N) is 3. The summed E-state index contributed by atoms with van der Waals surface area (Å²) in [6.07, 6.45) is 0. The summed E-state index contributed by atoms with van der Waals surface area (Å²) in [7, 11) is 0. The first-order chi connectivity index (χ1) is 5.22. The van der Waals surface area contributed by atoms with E-state index in [1.807, 2.05) is 6.92 Å². The lowest BCUT2D eigenvalue weighted by molar-refractivity contribution is 1.04. The summed E-state index contributed by atoms with van der Waals surface area (Å²) < 4.78 is 0. The molecule has 0 aliphatic rings. The van der Waals surface area contributed by atoms with Gasteiger partial charge in [-0.05, 0) is 6.92 Å². The Hall–Kier alpha value is -1.11. The van der Waals surface area contributed by atoms with Crippen molar-refractivity contribution >= 4 is 34.8 Å². The maximum atomic E-state index is 5.31. The number of nitrogens with two attached hydrogens (primary N) is 2. The Balaban J connectivity index is 0.00000121. The molecule has 0 saturated carbocycles. The van der Waals surface area contributed by atoms with E-state index in [4.69, 9.17) is 11.5 Å². The summed E-state index contributed by atoms with van der Waals surface area (Å²) in [5.74, 6) is 0.680. The van der Waals surface area contributed by atoms with Crippen LogP contribution in [0.25, 0.3) is 0 Å². The first-order valence-electron chi connectivity index (χ1n) is 3.23. The number of nitrogen functional groups attached to an aromatic ring is 2. The molecule has 0 radical (unpaired) electrons. The standard InChI is InChI=1S/C5H10N6.BrH/c1-2-8-5-10-3(6)9-4(7)11-5;/h2H2,1H3,(H5,6,7,8,9,10,11);1H. The molecule has 0 bridgehead atoms. The van der Waals surface area contributed by atoms with Gasteiger partial charge in [-0.15, -0.1) is 17.0 Å². The van der Waals surface area contributed by atoms with E-state index in [2.05, 4.69) is 20.3 Å². The van der Waals surface area contributed by atoms with Crippen LogP contribution in [0.15, 0.2) is 0 Å². The van der Waals surface area contributed by atoms with Crippen LogP contribution in [-0.4, -0.2) is 21.5 Å². The van der Waals surface area contributed by atoms with Gasteiger partial charge in [0.1, 0.15) is 0 Å². The molecule has 0 spiro atoms. The first-order valence-corrected chi connectivity index (χ1v) is 3.23. The van der Waals surface area contributed by atoms with E-state index < -0.39 is 0 Å². The number of hydrogen-bond donors (Lipinski definition) is 3. The van der Waals surface area contributed by atoms with Gasteiger partial charge in [0.2, 0.25) is 17.8 Å². The van der Waals surface area contributed by atoms with Gasteiger partial charge in [-0.2, -0.15) is 15.0 Å². The van der Waals surface area contributed by atoms with Crippen molar-refractivity contribution in [2.75, 3.05) is 23.3 Å². The largest absolute Gasteiger partial charge is 0.368 e. The Morgan fingerprint density at radius 3 is 2.08 bits per heavy atom. The third kappa shape index (κ3) is 2.87. The van der Waals surface area contributed by atoms with Crippen molar-refractivity contribution in [1.29, 1.82) is 0 Å². The van der Waals surface area contributed by atoms with Gasteiger partial charge in [-0.3, -0.25) is 0 Å². The van der Waals surface area contributed by atoms with Crippen molar-refractivity contribution in [3.05, 3.63) is 0 Å². The van der Waals surface area contributed by atoms with Gasteiger partial charge in [-0.1, -0.05) is 0 Å². The van der Waals surface area contributed by atoms with Crippen LogP contribution >= 0.6 is 17.0 Å². The average molecular weight is 235 g/mol. The van der Waals surface area contributed by atoms with E-state index in [9.17, 15) is 0 Å². The van der Waals surface area contributed by atoms with Crippen molar-refractivity contribution in [2.24, 2.45) is 0 Å². The normalized spacial score (nSPS) is 8.75. The summed E-state index contributed by atoms with van der Waals surface area (Å²) >= 11 is 0. The molecular formula is C5H11BrN6. The molecular weight excluding hydrogens is 224 g/mol. The SMILES string of the molecule is Br.CCNc1nc(N)nc(N)n1. The Morgan fingerprint density at radius 1 is 1.17 bits per heavy atom. The number of aromatic nitrogens is 3. The Labute approximate surface area is 80.6 Å². The van der Waals surface area contributed by atoms with Crippen molar-refractivity contribution in [1.82, 2.24) is 15.0 Å². The second kappa shape index (κ2) is 4.70. The lowest BCUT2D eigenvalue weighted by atomic mass is 10.7. The Kier molecular flexibility index (Phi) is 4.27. The fourth-order valence-electron chi connectivity index (χ4n) is 0.647. The van der Waals surface area contributed by atoms with Crippen molar-refractivity contribution < 1.29 is 0 Å². The smallest absolute Gasteiger partial charge is 0.229 e. The second-order valence-corrected chi connectivity index (χ2v) is 1.91. The lowest BCUT2D eigenvalue weighted by Gasteiger charge is -2.01. The maximum Gasteiger partial charge on any atom is 0.229 e. The van der Waals surface area contributed by atoms with Gasteiger partial charge in [0.15, 0.2) is 0 Å². The van der Waals surface area contributed by atoms with Gasteiger partial charge in [0.05, 0.1) is 0 Å². The van der Waals surface area contributed by atoms with Gasteiger partial charge in [0.25, 0.3) is 0 Å². The van der Waals surface area contributed by atoms with Crippen LogP contribution in [0.4, 0.5) is 17.8 Å². The molecule has 0 unspecified atom stereocenters. The molecule has 1 heterocycles. The molecule has 5 N–H and O–H groups in total. The van der Waals surface area contributed by atoms with Gasteiger partial charge >= 0.3 is 0 Å². The minimum absolute atomic E-state index is 0. The zero-order valence-electron chi connectivity index (χ0n) is 6.61. The molecule has 1 rings (SSSR count). The highest BCUT2D eigenvalue weighted by Gasteiger charge is 1.97. The van der Waals surface area contributed by atoms with Crippen LogP contribution in [0.5, 0.6) is 0 Å². The fourth-order valence-corrected chi connectivity index (χ4v) is 0.647. The van der Waals surface area contributed by atoms with E-state index in [0.717, 1.165) is 6.54 Å². The predicted molar refractivity (Wildman–Crippen MR) is 53.1 cm³/mol. The molecule has 68 valence electrons. The number of nitrogens with one attached hydrogen (secondary N) is 1. The molecule has 0 aromatic carbocycles. The summed E-state index contributed by atoms with van der Waals surface area (Å²) in [6.45, 7) is 2.65. The molecule has 1 aromatic heterocycles. The highest BCUT2D eigenvalue weighted by atomic mass is 79.9. The monoisotopic (exact) mass is 234 g/mol. The molecule has 7 heteroatoms. The lowest BCUT2D eigenvalue weighted by Crippen LogP contribution is -2.08. The van der Waals surface area contributed by atoms with Crippen LogP contribution in [0.2, 0.25) is 0 Å². The molecule has 0 amide bonds. The number of hydrogen-bond acceptors (Lipinski definition) is 6. The van der Waals surface area contributed by atoms with E-state index in [-0.39, 0.29) is 28.9 Å². The summed E-state index contributed by atoms with van der Waals surface area (Å²) in [4.78, 5) is 11.2. The van der Waals surface area contributed by atoms with Crippen molar-refractivity contribution in [2.45, 2.75) is 6.92 Å². The Bertz CT molecular complexity index is 231. The van der Waals surface area contributed by atoms with E-state index in [0.29, 0.717) is 5.95 Å². The van der Waals surface area contributed by atoms with E-state index in [1.54, 1.807) is 0 Å². The zero-order chi connectivity index (χ0) is 8.27. The predicted octanol–water partition coefficient (Wildman–Crippen LogP) is 0.0457. The van der Waals surface area contributed by atoms with Crippen LogP contribution in [0, 0.1) is 0 Å². The Morgan fingerprint density at radius 2 is 1.67 bits per heavy atom. The van der Waals surface area contributed by atoms with Crippen LogP contribution < -0.4 is 16.8 Å². The number of halogens is 1. The van der Waals surface area contributed by atoms with Crippen LogP contribution in [0.1, 0.15) is 6.92 Å². The van der Waals surface area contributed by atoms with Gasteiger partial charge in [0, 0.05) is 6.54 Å². The molecule has 0 fully saturated rings. The van der Waals surface area contributed by atoms with E-state index in [1.165, 1.54) is 0 Å². The summed E-state index contributed by atoms with van der Waals surface area (Å²) in [5, 5.41) is 2.87. The molecule has 0 aliphatic carbocycles. The first kappa shape index (κ1) is 10.9. The topological polar surface area (TPSA) is 103 Å². The minimum Gasteiger partial charge on any atom is -0.368 e. The van der Waals surface area contributed by atoms with Crippen LogP contribution in [0.3, 0.4) is 0 Å². The zero-order valence-corrected chi connectivity index (χ0v) is 8.32. The molecule has 0 aliphatic heterocycles. The molecule has 6 nitrogen and oxygen atoms in total. The summed E-state index contributed by atoms with van der Waals surface area (Å²) in [6, 6.07) is 0. The minimum atomic E-state index is 0. The van der Waals surface area contributed by atoms with Gasteiger partial charge in [-0.25, -0.2) is 0 Å².